The Morgan fingerprint density at radius 2 is 1.89 bits per heavy atom. The van der Waals surface area contributed by atoms with Crippen LogP contribution in [-0.4, -0.2) is 0 Å². The molecule has 2 aromatic carbocycles. The molecule has 0 bridgehead atoms. The smallest absolute Gasteiger partial charge is 0.134 e. The van der Waals surface area contributed by atoms with E-state index >= 15 is 0 Å². The van der Waals surface area contributed by atoms with Crippen LogP contribution in [0.3, 0.4) is 0 Å². The topological polar surface area (TPSA) is 35.2 Å². The number of anilines is 1. The van der Waals surface area contributed by atoms with Crippen LogP contribution in [0.15, 0.2) is 45.3 Å². The van der Waals surface area contributed by atoms with Gasteiger partial charge in [-0.05, 0) is 57.9 Å². The molecular formula is C13H10Br2ClNO. The lowest BCUT2D eigenvalue weighted by Gasteiger charge is -2.09. The van der Waals surface area contributed by atoms with E-state index in [0.717, 1.165) is 20.3 Å². The molecule has 0 radical (unpaired) electrons. The van der Waals surface area contributed by atoms with E-state index in [2.05, 4.69) is 31.9 Å². The Balaban J connectivity index is 2.11. The van der Waals surface area contributed by atoms with Crippen molar-refractivity contribution in [2.45, 2.75) is 6.61 Å². The lowest BCUT2D eigenvalue weighted by atomic mass is 10.2. The van der Waals surface area contributed by atoms with Gasteiger partial charge in [0, 0.05) is 15.2 Å². The second-order valence-corrected chi connectivity index (χ2v) is 5.96. The number of nitrogens with two attached hydrogens (primary N) is 1. The Morgan fingerprint density at radius 3 is 2.56 bits per heavy atom. The summed E-state index contributed by atoms with van der Waals surface area (Å²) >= 11 is 12.7. The monoisotopic (exact) mass is 389 g/mol. The Hall–Kier alpha value is -0.710. The van der Waals surface area contributed by atoms with E-state index in [0.29, 0.717) is 17.3 Å². The molecule has 0 fully saturated rings. The zero-order valence-corrected chi connectivity index (χ0v) is 13.2. The minimum absolute atomic E-state index is 0.448. The van der Waals surface area contributed by atoms with Crippen molar-refractivity contribution in [2.75, 3.05) is 5.73 Å². The van der Waals surface area contributed by atoms with E-state index in [1.165, 1.54) is 0 Å². The highest BCUT2D eigenvalue weighted by Gasteiger charge is 2.03. The van der Waals surface area contributed by atoms with Crippen molar-refractivity contribution < 1.29 is 4.74 Å². The van der Waals surface area contributed by atoms with E-state index < -0.39 is 0 Å². The van der Waals surface area contributed by atoms with Crippen LogP contribution in [0.2, 0.25) is 5.02 Å². The van der Waals surface area contributed by atoms with E-state index in [9.17, 15) is 0 Å². The van der Waals surface area contributed by atoms with Gasteiger partial charge in [0.25, 0.3) is 0 Å². The van der Waals surface area contributed by atoms with E-state index in [1.54, 1.807) is 12.1 Å². The lowest BCUT2D eigenvalue weighted by molar-refractivity contribution is 0.304. The largest absolute Gasteiger partial charge is 0.488 e. The van der Waals surface area contributed by atoms with Crippen LogP contribution in [0, 0.1) is 0 Å². The first-order valence-electron chi connectivity index (χ1n) is 5.17. The first-order valence-corrected chi connectivity index (χ1v) is 7.14. The molecule has 0 saturated heterocycles. The van der Waals surface area contributed by atoms with Crippen molar-refractivity contribution in [2.24, 2.45) is 0 Å². The molecule has 0 aliphatic heterocycles. The van der Waals surface area contributed by atoms with Gasteiger partial charge in [-0.2, -0.15) is 0 Å². The van der Waals surface area contributed by atoms with Gasteiger partial charge >= 0.3 is 0 Å². The fourth-order valence-corrected chi connectivity index (χ4v) is 2.87. The minimum atomic E-state index is 0.448. The molecule has 2 N–H and O–H groups in total. The fraction of sp³-hybridized carbons (Fsp3) is 0.0769. The van der Waals surface area contributed by atoms with Crippen molar-refractivity contribution in [3.63, 3.8) is 0 Å². The number of hydrogen-bond donors (Lipinski definition) is 1. The number of nitrogen functional groups attached to an aromatic ring is 1. The summed E-state index contributed by atoms with van der Waals surface area (Å²) in [6.07, 6.45) is 0. The Morgan fingerprint density at radius 1 is 1.11 bits per heavy atom. The third kappa shape index (κ3) is 3.64. The average Bonchev–Trinajstić information content (AvgIpc) is 2.26. The maximum atomic E-state index is 5.87. The lowest BCUT2D eigenvalue weighted by Crippen LogP contribution is -1.97. The summed E-state index contributed by atoms with van der Waals surface area (Å²) in [5.74, 6) is 0.748. The molecule has 0 saturated carbocycles. The highest BCUT2D eigenvalue weighted by molar-refractivity contribution is 9.10. The maximum Gasteiger partial charge on any atom is 0.134 e. The first-order chi connectivity index (χ1) is 8.54. The van der Waals surface area contributed by atoms with Gasteiger partial charge in [-0.1, -0.05) is 27.5 Å². The molecule has 0 aliphatic rings. The molecule has 0 aliphatic carbocycles. The number of halogens is 3. The van der Waals surface area contributed by atoms with Crippen LogP contribution < -0.4 is 10.5 Å². The van der Waals surface area contributed by atoms with Gasteiger partial charge in [0.1, 0.15) is 12.4 Å². The van der Waals surface area contributed by atoms with Gasteiger partial charge in [0.2, 0.25) is 0 Å². The van der Waals surface area contributed by atoms with Crippen molar-refractivity contribution in [1.29, 1.82) is 0 Å². The van der Waals surface area contributed by atoms with Gasteiger partial charge in [-0.3, -0.25) is 0 Å². The van der Waals surface area contributed by atoms with Crippen molar-refractivity contribution in [1.82, 2.24) is 0 Å². The molecule has 5 heteroatoms. The Labute approximate surface area is 127 Å². The fourth-order valence-electron chi connectivity index (χ4n) is 1.51. The summed E-state index contributed by atoms with van der Waals surface area (Å²) in [6.45, 7) is 0.448. The third-order valence-corrected chi connectivity index (χ3v) is 3.58. The van der Waals surface area contributed by atoms with Crippen LogP contribution in [-0.2, 0) is 6.61 Å². The minimum Gasteiger partial charge on any atom is -0.488 e. The molecule has 0 atom stereocenters. The summed E-state index contributed by atoms with van der Waals surface area (Å²) in [5, 5.41) is 0.668. The average molecular weight is 391 g/mol. The SMILES string of the molecule is Nc1cc(Br)cc(COc2ccc(Cl)cc2Br)c1. The third-order valence-electron chi connectivity index (χ3n) is 2.27. The van der Waals surface area contributed by atoms with Crippen LogP contribution in [0.5, 0.6) is 5.75 Å². The van der Waals surface area contributed by atoms with Crippen molar-refractivity contribution >= 4 is 49.1 Å². The maximum absolute atomic E-state index is 5.87. The summed E-state index contributed by atoms with van der Waals surface area (Å²) < 4.78 is 7.48. The van der Waals surface area contributed by atoms with Crippen molar-refractivity contribution in [3.05, 3.63) is 55.9 Å². The molecule has 0 aromatic heterocycles. The second kappa shape index (κ2) is 5.95. The molecule has 0 unspecified atom stereocenters. The highest BCUT2D eigenvalue weighted by atomic mass is 79.9. The molecule has 94 valence electrons. The summed E-state index contributed by atoms with van der Waals surface area (Å²) in [5.41, 5.74) is 7.48. The number of benzene rings is 2. The number of ether oxygens (including phenoxy) is 1. The van der Waals surface area contributed by atoms with E-state index in [-0.39, 0.29) is 0 Å². The molecule has 0 heterocycles. The molecule has 2 nitrogen and oxygen atoms in total. The van der Waals surface area contributed by atoms with Gasteiger partial charge in [0.05, 0.1) is 4.47 Å². The highest BCUT2D eigenvalue weighted by Crippen LogP contribution is 2.29. The van der Waals surface area contributed by atoms with Gasteiger partial charge < -0.3 is 10.5 Å². The molecule has 2 rings (SSSR count). The Bertz CT molecular complexity index is 555. The van der Waals surface area contributed by atoms with E-state index in [1.807, 2.05) is 24.3 Å². The summed E-state index contributed by atoms with van der Waals surface area (Å²) in [6, 6.07) is 11.1. The number of hydrogen-bond acceptors (Lipinski definition) is 2. The van der Waals surface area contributed by atoms with Gasteiger partial charge in [-0.25, -0.2) is 0 Å². The zero-order chi connectivity index (χ0) is 13.1. The molecule has 0 spiro atoms. The van der Waals surface area contributed by atoms with Crippen LogP contribution in [0.4, 0.5) is 5.69 Å². The van der Waals surface area contributed by atoms with Crippen molar-refractivity contribution in [3.8, 4) is 5.75 Å². The zero-order valence-electron chi connectivity index (χ0n) is 9.29. The molecule has 2 aromatic rings. The molecular weight excluding hydrogens is 381 g/mol. The predicted octanol–water partition coefficient (Wildman–Crippen LogP) is 5.03. The van der Waals surface area contributed by atoms with Crippen LogP contribution >= 0.6 is 43.5 Å². The summed E-state index contributed by atoms with van der Waals surface area (Å²) in [4.78, 5) is 0. The van der Waals surface area contributed by atoms with Gasteiger partial charge in [-0.15, -0.1) is 0 Å². The second-order valence-electron chi connectivity index (χ2n) is 3.76. The molecule has 18 heavy (non-hydrogen) atoms. The van der Waals surface area contributed by atoms with E-state index in [4.69, 9.17) is 22.1 Å². The normalized spacial score (nSPS) is 10.4. The van der Waals surface area contributed by atoms with Crippen LogP contribution in [0.25, 0.3) is 0 Å². The first kappa shape index (κ1) is 13.7. The Kier molecular flexibility index (Phi) is 4.54. The standard InChI is InChI=1S/C13H10Br2ClNO/c14-9-3-8(4-11(17)5-9)7-18-13-2-1-10(16)6-12(13)15/h1-6H,7,17H2. The van der Waals surface area contributed by atoms with Crippen LogP contribution in [0.1, 0.15) is 5.56 Å². The predicted molar refractivity (Wildman–Crippen MR) is 82.0 cm³/mol. The number of rotatable bonds is 3. The molecule has 0 amide bonds. The van der Waals surface area contributed by atoms with Gasteiger partial charge in [0.15, 0.2) is 0 Å². The summed E-state index contributed by atoms with van der Waals surface area (Å²) in [7, 11) is 0. The quantitative estimate of drug-likeness (QED) is 0.745.